The van der Waals surface area contributed by atoms with E-state index >= 15 is 0 Å². The molecule has 0 bridgehead atoms. The molecule has 1 atom stereocenters. The molecule has 5 nitrogen and oxygen atoms in total. The number of esters is 1. The highest BCUT2D eigenvalue weighted by Gasteiger charge is 2.16. The van der Waals surface area contributed by atoms with E-state index in [-0.39, 0.29) is 18.6 Å². The first-order valence-electron chi connectivity index (χ1n) is 8.46. The summed E-state index contributed by atoms with van der Waals surface area (Å²) in [4.78, 5) is 24.1. The van der Waals surface area contributed by atoms with E-state index in [0.717, 1.165) is 22.1 Å². The molecule has 0 aliphatic heterocycles. The van der Waals surface area contributed by atoms with E-state index in [0.29, 0.717) is 11.3 Å². The number of rotatable bonds is 5. The first kappa shape index (κ1) is 17.7. The summed E-state index contributed by atoms with van der Waals surface area (Å²) in [6.07, 6.45) is 0. The number of ether oxygens (including phenoxy) is 1. The van der Waals surface area contributed by atoms with Crippen LogP contribution < -0.4 is 5.32 Å². The summed E-state index contributed by atoms with van der Waals surface area (Å²) in [6, 6.07) is 14.5. The van der Waals surface area contributed by atoms with Crippen LogP contribution in [-0.4, -0.2) is 18.5 Å². The molecule has 0 saturated carbocycles. The minimum Gasteiger partial charge on any atom is -0.459 e. The lowest BCUT2D eigenvalue weighted by molar-refractivity contribution is -0.125. The van der Waals surface area contributed by atoms with Gasteiger partial charge in [-0.2, -0.15) is 0 Å². The first-order chi connectivity index (χ1) is 12.4. The Kier molecular flexibility index (Phi) is 5.07. The molecule has 0 aliphatic carbocycles. The minimum absolute atomic E-state index is 0.324. The maximum atomic E-state index is 12.1. The van der Waals surface area contributed by atoms with Gasteiger partial charge >= 0.3 is 5.97 Å². The van der Waals surface area contributed by atoms with Gasteiger partial charge in [0.15, 0.2) is 6.61 Å². The monoisotopic (exact) mass is 351 g/mol. The first-order valence-corrected chi connectivity index (χ1v) is 8.46. The van der Waals surface area contributed by atoms with Gasteiger partial charge in [-0.25, -0.2) is 4.79 Å². The second-order valence-electron chi connectivity index (χ2n) is 6.35. The Morgan fingerprint density at radius 3 is 2.58 bits per heavy atom. The molecule has 26 heavy (non-hydrogen) atoms. The lowest BCUT2D eigenvalue weighted by Crippen LogP contribution is -2.31. The van der Waals surface area contributed by atoms with E-state index in [2.05, 4.69) is 5.32 Å². The molecule has 0 saturated heterocycles. The number of benzene rings is 2. The molecule has 0 fully saturated rings. The summed E-state index contributed by atoms with van der Waals surface area (Å²) < 4.78 is 10.8. The molecule has 2 aromatic carbocycles. The fraction of sp³-hybridized carbons (Fsp3) is 0.238. The third-order valence-electron chi connectivity index (χ3n) is 4.33. The Bertz CT molecular complexity index is 925. The Morgan fingerprint density at radius 2 is 1.85 bits per heavy atom. The molecular formula is C21H21NO4. The molecular weight excluding hydrogens is 330 g/mol. The smallest absolute Gasteiger partial charge is 0.338 e. The molecule has 3 rings (SSSR count). The number of hydrogen-bond donors (Lipinski definition) is 1. The molecule has 1 heterocycles. The predicted octanol–water partition coefficient (Wildman–Crippen LogP) is 4.08. The third-order valence-corrected chi connectivity index (χ3v) is 4.33. The van der Waals surface area contributed by atoms with Crippen LogP contribution >= 0.6 is 0 Å². The minimum atomic E-state index is -0.514. The van der Waals surface area contributed by atoms with Crippen LogP contribution in [-0.2, 0) is 9.53 Å². The van der Waals surface area contributed by atoms with Gasteiger partial charge in [-0.3, -0.25) is 4.79 Å². The molecule has 0 radical (unpaired) electrons. The standard InChI is InChI=1S/C21H21NO4/c1-13-8-9-17(10-14(13)2)21(24)25-12-20(23)22-15(3)19-11-16-6-4-5-7-18(16)26-19/h4-11,15H,12H2,1-3H3,(H,22,23)/t15-/m0/s1. The SMILES string of the molecule is Cc1ccc(C(=O)OCC(=O)N[C@@H](C)c2cc3ccccc3o2)cc1C. The lowest BCUT2D eigenvalue weighted by atomic mass is 10.1. The zero-order valence-corrected chi connectivity index (χ0v) is 15.0. The second kappa shape index (κ2) is 7.44. The highest BCUT2D eigenvalue weighted by Crippen LogP contribution is 2.23. The largest absolute Gasteiger partial charge is 0.459 e. The summed E-state index contributed by atoms with van der Waals surface area (Å²) in [7, 11) is 0. The Hall–Kier alpha value is -3.08. The summed E-state index contributed by atoms with van der Waals surface area (Å²) in [5.41, 5.74) is 3.30. The van der Waals surface area contributed by atoms with Crippen molar-refractivity contribution in [2.45, 2.75) is 26.8 Å². The number of carbonyl (C=O) groups excluding carboxylic acids is 2. The molecule has 0 spiro atoms. The van der Waals surface area contributed by atoms with Gasteiger partial charge in [-0.1, -0.05) is 24.3 Å². The van der Waals surface area contributed by atoms with Crippen LogP contribution in [0, 0.1) is 13.8 Å². The lowest BCUT2D eigenvalue weighted by Gasteiger charge is -2.12. The van der Waals surface area contributed by atoms with Gasteiger partial charge in [-0.15, -0.1) is 0 Å². The van der Waals surface area contributed by atoms with E-state index in [1.807, 2.05) is 57.2 Å². The molecule has 1 N–H and O–H groups in total. The van der Waals surface area contributed by atoms with Crippen molar-refractivity contribution in [1.29, 1.82) is 0 Å². The van der Waals surface area contributed by atoms with Crippen LogP contribution in [0.1, 0.15) is 40.2 Å². The van der Waals surface area contributed by atoms with Gasteiger partial charge in [0.05, 0.1) is 11.6 Å². The van der Waals surface area contributed by atoms with Crippen molar-refractivity contribution in [2.75, 3.05) is 6.61 Å². The van der Waals surface area contributed by atoms with Gasteiger partial charge in [-0.05, 0) is 56.2 Å². The Labute approximate surface area is 152 Å². The summed E-state index contributed by atoms with van der Waals surface area (Å²) in [5, 5.41) is 3.75. The maximum Gasteiger partial charge on any atom is 0.338 e. The van der Waals surface area contributed by atoms with Crippen LogP contribution in [0.3, 0.4) is 0 Å². The van der Waals surface area contributed by atoms with Crippen molar-refractivity contribution in [2.24, 2.45) is 0 Å². The highest BCUT2D eigenvalue weighted by molar-refractivity contribution is 5.91. The third kappa shape index (κ3) is 3.94. The van der Waals surface area contributed by atoms with Gasteiger partial charge in [0, 0.05) is 5.39 Å². The second-order valence-corrected chi connectivity index (χ2v) is 6.35. The predicted molar refractivity (Wildman–Crippen MR) is 99.0 cm³/mol. The number of para-hydroxylation sites is 1. The van der Waals surface area contributed by atoms with Crippen molar-refractivity contribution in [1.82, 2.24) is 5.32 Å². The van der Waals surface area contributed by atoms with Gasteiger partial charge in [0.25, 0.3) is 5.91 Å². The summed E-state index contributed by atoms with van der Waals surface area (Å²) >= 11 is 0. The summed E-state index contributed by atoms with van der Waals surface area (Å²) in [5.74, 6) is -0.241. The summed E-state index contributed by atoms with van der Waals surface area (Å²) in [6.45, 7) is 5.38. The zero-order valence-electron chi connectivity index (χ0n) is 15.0. The number of nitrogens with one attached hydrogen (secondary N) is 1. The van der Waals surface area contributed by atoms with Gasteiger partial charge < -0.3 is 14.5 Å². The molecule has 1 aromatic heterocycles. The van der Waals surface area contributed by atoms with Crippen molar-refractivity contribution >= 4 is 22.8 Å². The number of carbonyl (C=O) groups is 2. The zero-order chi connectivity index (χ0) is 18.7. The molecule has 1 amide bonds. The van der Waals surface area contributed by atoms with E-state index in [4.69, 9.17) is 9.15 Å². The van der Waals surface area contributed by atoms with E-state index in [9.17, 15) is 9.59 Å². The molecule has 3 aromatic rings. The normalized spacial score (nSPS) is 12.0. The van der Waals surface area contributed by atoms with Gasteiger partial charge in [0.2, 0.25) is 0 Å². The van der Waals surface area contributed by atoms with Crippen molar-refractivity contribution in [3.8, 4) is 0 Å². The fourth-order valence-corrected chi connectivity index (χ4v) is 2.65. The van der Waals surface area contributed by atoms with Crippen molar-refractivity contribution in [3.63, 3.8) is 0 Å². The van der Waals surface area contributed by atoms with Crippen LogP contribution in [0.15, 0.2) is 52.9 Å². The fourth-order valence-electron chi connectivity index (χ4n) is 2.65. The highest BCUT2D eigenvalue weighted by atomic mass is 16.5. The van der Waals surface area contributed by atoms with Crippen LogP contribution in [0.4, 0.5) is 0 Å². The number of hydrogen-bond acceptors (Lipinski definition) is 4. The molecule has 5 heteroatoms. The number of fused-ring (bicyclic) bond motifs is 1. The molecule has 134 valence electrons. The average Bonchev–Trinajstić information content (AvgIpc) is 3.06. The van der Waals surface area contributed by atoms with Crippen LogP contribution in [0.25, 0.3) is 11.0 Å². The van der Waals surface area contributed by atoms with Crippen molar-refractivity contribution in [3.05, 3.63) is 71.0 Å². The molecule has 0 aliphatic rings. The van der Waals surface area contributed by atoms with Crippen LogP contribution in [0.2, 0.25) is 0 Å². The van der Waals surface area contributed by atoms with E-state index < -0.39 is 5.97 Å². The number of aryl methyl sites for hydroxylation is 2. The van der Waals surface area contributed by atoms with E-state index in [1.165, 1.54) is 0 Å². The van der Waals surface area contributed by atoms with Crippen molar-refractivity contribution < 1.29 is 18.7 Å². The van der Waals surface area contributed by atoms with Crippen LogP contribution in [0.5, 0.6) is 0 Å². The topological polar surface area (TPSA) is 68.5 Å². The van der Waals surface area contributed by atoms with Gasteiger partial charge in [0.1, 0.15) is 11.3 Å². The maximum absolute atomic E-state index is 12.1. The van der Waals surface area contributed by atoms with E-state index in [1.54, 1.807) is 12.1 Å². The Balaban J connectivity index is 1.56. The number of amides is 1. The quantitative estimate of drug-likeness (QED) is 0.703. The number of furan rings is 1. The average molecular weight is 351 g/mol. The molecule has 0 unspecified atom stereocenters. The Morgan fingerprint density at radius 1 is 1.08 bits per heavy atom.